The molecule has 3 aromatic rings. The number of fused-ring (bicyclic) bond motifs is 1. The first-order valence-corrected chi connectivity index (χ1v) is 10.8. The molecule has 0 fully saturated rings. The number of rotatable bonds is 6. The number of esters is 1. The van der Waals surface area contributed by atoms with Crippen LogP contribution in [0.2, 0.25) is 0 Å². The number of para-hydroxylation sites is 2. The van der Waals surface area contributed by atoms with Gasteiger partial charge in [-0.25, -0.2) is 0 Å². The van der Waals surface area contributed by atoms with Crippen molar-refractivity contribution in [1.82, 2.24) is 4.90 Å². The van der Waals surface area contributed by atoms with E-state index in [1.807, 2.05) is 48.5 Å². The lowest BCUT2D eigenvalue weighted by Gasteiger charge is -2.38. The van der Waals surface area contributed by atoms with Crippen molar-refractivity contribution in [2.24, 2.45) is 0 Å². The number of nitrogens with two attached hydrogens (primary N) is 1. The van der Waals surface area contributed by atoms with Gasteiger partial charge in [-0.2, -0.15) is 0 Å². The molecule has 1 heterocycles. The number of nitrogen functional groups attached to an aromatic ring is 1. The number of carbonyl (C=O) groups is 2. The fourth-order valence-electron chi connectivity index (χ4n) is 4.19. The Balaban J connectivity index is 1.51. The number of nitrogens with zero attached hydrogens (tertiary/aromatic N) is 1. The number of ether oxygens (including phenoxy) is 1. The molecular formula is C27H27N3O3. The second-order valence-electron chi connectivity index (χ2n) is 8.13. The highest BCUT2D eigenvalue weighted by atomic mass is 16.5. The lowest BCUT2D eigenvalue weighted by Crippen LogP contribution is -2.35. The average molecular weight is 442 g/mol. The second-order valence-corrected chi connectivity index (χ2v) is 8.13. The highest BCUT2D eigenvalue weighted by Gasteiger charge is 2.31. The van der Waals surface area contributed by atoms with E-state index in [0.717, 1.165) is 22.3 Å². The van der Waals surface area contributed by atoms with E-state index in [4.69, 9.17) is 10.5 Å². The molecule has 1 aliphatic rings. The van der Waals surface area contributed by atoms with Crippen molar-refractivity contribution in [2.45, 2.75) is 19.0 Å². The number of carbonyl (C=O) groups excluding carboxylic acids is 2. The molecule has 0 saturated carbocycles. The third-order valence-electron chi connectivity index (χ3n) is 5.93. The second kappa shape index (κ2) is 9.71. The van der Waals surface area contributed by atoms with Gasteiger partial charge >= 0.3 is 5.97 Å². The van der Waals surface area contributed by atoms with E-state index in [2.05, 4.69) is 16.8 Å². The molecule has 0 saturated heterocycles. The Morgan fingerprint density at radius 3 is 2.48 bits per heavy atom. The summed E-state index contributed by atoms with van der Waals surface area (Å²) in [7, 11) is 1.41. The van der Waals surface area contributed by atoms with Crippen molar-refractivity contribution in [3.05, 3.63) is 102 Å². The predicted octanol–water partition coefficient (Wildman–Crippen LogP) is 4.65. The molecule has 6 heteroatoms. The first-order chi connectivity index (χ1) is 16.0. The van der Waals surface area contributed by atoms with Crippen LogP contribution in [-0.4, -0.2) is 30.4 Å². The normalized spacial score (nSPS) is 15.5. The highest BCUT2D eigenvalue weighted by molar-refractivity contribution is 6.05. The Hall–Kier alpha value is -3.90. The average Bonchev–Trinajstić information content (AvgIpc) is 2.83. The fraction of sp³-hybridized carbons (Fsp3) is 0.185. The summed E-state index contributed by atoms with van der Waals surface area (Å²) in [6.45, 7) is 5.51. The smallest absolute Gasteiger partial charge is 0.307 e. The number of hydrogen-bond donors (Lipinski definition) is 2. The molecule has 168 valence electrons. The maximum Gasteiger partial charge on any atom is 0.307 e. The number of methoxy groups -OCH3 is 1. The van der Waals surface area contributed by atoms with Gasteiger partial charge in [0, 0.05) is 24.7 Å². The van der Waals surface area contributed by atoms with Gasteiger partial charge in [-0.15, -0.1) is 0 Å². The van der Waals surface area contributed by atoms with E-state index < -0.39 is 0 Å². The summed E-state index contributed by atoms with van der Waals surface area (Å²) < 4.78 is 4.95. The van der Waals surface area contributed by atoms with Gasteiger partial charge in [-0.1, -0.05) is 55.1 Å². The van der Waals surface area contributed by atoms with Crippen LogP contribution >= 0.6 is 0 Å². The van der Waals surface area contributed by atoms with Crippen LogP contribution in [0.3, 0.4) is 0 Å². The van der Waals surface area contributed by atoms with Crippen LogP contribution in [-0.2, 0) is 16.1 Å². The molecule has 1 aliphatic heterocycles. The quantitative estimate of drug-likeness (QED) is 0.430. The standard InChI is InChI=1S/C27H27N3O3/c1-18-16-30(25(15-26(31)33-2)22-8-4-3-7-21(18)22)17-19-11-13-20(14-12-19)27(32)29-24-10-6-5-9-23(24)28/h3-14,25H,1,15-17,28H2,2H3,(H,29,32). The molecule has 1 atom stereocenters. The third kappa shape index (κ3) is 4.96. The first kappa shape index (κ1) is 22.3. The molecule has 0 radical (unpaired) electrons. The van der Waals surface area contributed by atoms with Gasteiger partial charge in [0.25, 0.3) is 5.91 Å². The number of nitrogens with one attached hydrogen (secondary N) is 1. The number of benzene rings is 3. The monoisotopic (exact) mass is 441 g/mol. The minimum atomic E-state index is -0.250. The molecule has 4 rings (SSSR count). The van der Waals surface area contributed by atoms with Gasteiger partial charge in [-0.3, -0.25) is 14.5 Å². The van der Waals surface area contributed by atoms with Gasteiger partial charge in [0.2, 0.25) is 0 Å². The molecular weight excluding hydrogens is 414 g/mol. The van der Waals surface area contributed by atoms with Crippen molar-refractivity contribution < 1.29 is 14.3 Å². The summed E-state index contributed by atoms with van der Waals surface area (Å²) in [6, 6.07) is 22.6. The Labute approximate surface area is 193 Å². The Morgan fingerprint density at radius 2 is 1.76 bits per heavy atom. The molecule has 0 aromatic heterocycles. The van der Waals surface area contributed by atoms with Crippen molar-refractivity contribution in [3.63, 3.8) is 0 Å². The molecule has 33 heavy (non-hydrogen) atoms. The van der Waals surface area contributed by atoms with Gasteiger partial charge < -0.3 is 15.8 Å². The van der Waals surface area contributed by atoms with Crippen molar-refractivity contribution in [1.29, 1.82) is 0 Å². The van der Waals surface area contributed by atoms with E-state index in [-0.39, 0.29) is 24.3 Å². The highest BCUT2D eigenvalue weighted by Crippen LogP contribution is 2.37. The van der Waals surface area contributed by atoms with Gasteiger partial charge in [0.1, 0.15) is 0 Å². The van der Waals surface area contributed by atoms with Crippen LogP contribution < -0.4 is 11.1 Å². The number of hydrogen-bond acceptors (Lipinski definition) is 5. The van der Waals surface area contributed by atoms with E-state index in [9.17, 15) is 9.59 Å². The van der Waals surface area contributed by atoms with Crippen LogP contribution in [0.15, 0.2) is 79.4 Å². The van der Waals surface area contributed by atoms with Crippen LogP contribution in [0, 0.1) is 0 Å². The van der Waals surface area contributed by atoms with Crippen LogP contribution in [0.4, 0.5) is 11.4 Å². The lowest BCUT2D eigenvalue weighted by molar-refractivity contribution is -0.142. The van der Waals surface area contributed by atoms with Crippen molar-refractivity contribution in [2.75, 3.05) is 24.7 Å². The SMILES string of the molecule is C=C1CN(Cc2ccc(C(=O)Nc3ccccc3N)cc2)C(CC(=O)OC)c2ccccc21. The molecule has 6 nitrogen and oxygen atoms in total. The van der Waals surface area contributed by atoms with E-state index in [1.54, 1.807) is 24.3 Å². The molecule has 1 amide bonds. The molecule has 1 unspecified atom stereocenters. The molecule has 3 N–H and O–H groups in total. The molecule has 3 aromatic carbocycles. The Kier molecular flexibility index (Phi) is 6.56. The summed E-state index contributed by atoms with van der Waals surface area (Å²) in [5, 5.41) is 2.84. The summed E-state index contributed by atoms with van der Waals surface area (Å²) in [5.74, 6) is -0.470. The maximum atomic E-state index is 12.6. The fourth-order valence-corrected chi connectivity index (χ4v) is 4.19. The maximum absolute atomic E-state index is 12.6. The lowest BCUT2D eigenvalue weighted by atomic mass is 9.88. The van der Waals surface area contributed by atoms with Gasteiger partial charge in [0.15, 0.2) is 0 Å². The van der Waals surface area contributed by atoms with Crippen molar-refractivity contribution in [3.8, 4) is 0 Å². The van der Waals surface area contributed by atoms with E-state index >= 15 is 0 Å². The molecule has 0 aliphatic carbocycles. The minimum absolute atomic E-state index is 0.108. The Bertz CT molecular complexity index is 1190. The van der Waals surface area contributed by atoms with Crippen LogP contribution in [0.25, 0.3) is 5.57 Å². The van der Waals surface area contributed by atoms with E-state index in [1.165, 1.54) is 7.11 Å². The zero-order valence-corrected chi connectivity index (χ0v) is 18.6. The van der Waals surface area contributed by atoms with Gasteiger partial charge in [0.05, 0.1) is 24.9 Å². The van der Waals surface area contributed by atoms with Gasteiger partial charge in [-0.05, 0) is 46.5 Å². The first-order valence-electron chi connectivity index (χ1n) is 10.8. The molecule has 0 spiro atoms. The minimum Gasteiger partial charge on any atom is -0.469 e. The predicted molar refractivity (Wildman–Crippen MR) is 131 cm³/mol. The summed E-state index contributed by atoms with van der Waals surface area (Å²) in [5.41, 5.74) is 11.8. The largest absolute Gasteiger partial charge is 0.469 e. The molecule has 0 bridgehead atoms. The van der Waals surface area contributed by atoms with Crippen LogP contribution in [0.1, 0.15) is 39.5 Å². The number of anilines is 2. The zero-order valence-electron chi connectivity index (χ0n) is 18.6. The zero-order chi connectivity index (χ0) is 23.4. The Morgan fingerprint density at radius 1 is 1.06 bits per heavy atom. The topological polar surface area (TPSA) is 84.7 Å². The number of amides is 1. The summed E-state index contributed by atoms with van der Waals surface area (Å²) in [4.78, 5) is 27.0. The summed E-state index contributed by atoms with van der Waals surface area (Å²) in [6.07, 6.45) is 0.264. The summed E-state index contributed by atoms with van der Waals surface area (Å²) >= 11 is 0. The van der Waals surface area contributed by atoms with Crippen LogP contribution in [0.5, 0.6) is 0 Å². The third-order valence-corrected chi connectivity index (χ3v) is 5.93. The van der Waals surface area contributed by atoms with E-state index in [0.29, 0.717) is 30.0 Å². The van der Waals surface area contributed by atoms with Crippen molar-refractivity contribution >= 4 is 28.8 Å².